The van der Waals surface area contributed by atoms with Crippen molar-refractivity contribution in [3.63, 3.8) is 0 Å². The molecule has 2 N–H and O–H groups in total. The third-order valence-electron chi connectivity index (χ3n) is 3.11. The third kappa shape index (κ3) is 4.09. The molecule has 1 aromatic carbocycles. The third-order valence-corrected chi connectivity index (χ3v) is 3.11. The fourth-order valence-electron chi connectivity index (χ4n) is 1.96. The lowest BCUT2D eigenvalue weighted by Gasteiger charge is -2.14. The summed E-state index contributed by atoms with van der Waals surface area (Å²) in [5.41, 5.74) is 1.52. The van der Waals surface area contributed by atoms with Gasteiger partial charge in [-0.15, -0.1) is 0 Å². The molecule has 4 heteroatoms. The summed E-state index contributed by atoms with van der Waals surface area (Å²) in [5, 5.41) is 12.1. The van der Waals surface area contributed by atoms with E-state index in [1.54, 1.807) is 12.1 Å². The summed E-state index contributed by atoms with van der Waals surface area (Å²) in [6.07, 6.45) is 3.36. The number of carboxylic acid groups (broad SMARTS) is 1. The number of anilines is 1. The highest BCUT2D eigenvalue weighted by molar-refractivity contribution is 5.87. The summed E-state index contributed by atoms with van der Waals surface area (Å²) >= 11 is 0. The molecule has 4 nitrogen and oxygen atoms in total. The number of hydrogen-bond donors (Lipinski definition) is 2. The molecule has 1 atom stereocenters. The fourth-order valence-corrected chi connectivity index (χ4v) is 1.96. The topological polar surface area (TPSA) is 62.2 Å². The van der Waals surface area contributed by atoms with Gasteiger partial charge in [0.15, 0.2) is 0 Å². The van der Waals surface area contributed by atoms with Gasteiger partial charge < -0.3 is 10.4 Å². The molecule has 20 heavy (non-hydrogen) atoms. The van der Waals surface area contributed by atoms with E-state index in [-0.39, 0.29) is 11.6 Å². The highest BCUT2D eigenvalue weighted by atomic mass is 16.4. The molecular formula is C16H18N2O2. The SMILES string of the molecule is CC(CCc1ccccc1)Nc1ccc(C(=O)O)cn1. The van der Waals surface area contributed by atoms with Gasteiger partial charge in [-0.1, -0.05) is 30.3 Å². The minimum Gasteiger partial charge on any atom is -0.478 e. The summed E-state index contributed by atoms with van der Waals surface area (Å²) in [7, 11) is 0. The first kappa shape index (κ1) is 14.1. The van der Waals surface area contributed by atoms with E-state index in [0.717, 1.165) is 12.8 Å². The largest absolute Gasteiger partial charge is 0.478 e. The molecule has 0 aliphatic rings. The Labute approximate surface area is 118 Å². The van der Waals surface area contributed by atoms with E-state index in [0.29, 0.717) is 5.82 Å². The van der Waals surface area contributed by atoms with Gasteiger partial charge in [-0.3, -0.25) is 0 Å². The van der Waals surface area contributed by atoms with Gasteiger partial charge in [0.25, 0.3) is 0 Å². The summed E-state index contributed by atoms with van der Waals surface area (Å²) in [4.78, 5) is 14.8. The monoisotopic (exact) mass is 270 g/mol. The van der Waals surface area contributed by atoms with Crippen molar-refractivity contribution in [3.8, 4) is 0 Å². The van der Waals surface area contributed by atoms with Crippen LogP contribution >= 0.6 is 0 Å². The Morgan fingerprint density at radius 3 is 2.60 bits per heavy atom. The molecule has 0 bridgehead atoms. The van der Waals surface area contributed by atoms with Crippen molar-refractivity contribution < 1.29 is 9.90 Å². The predicted molar refractivity (Wildman–Crippen MR) is 79.0 cm³/mol. The predicted octanol–water partition coefficient (Wildman–Crippen LogP) is 3.21. The van der Waals surface area contributed by atoms with Crippen molar-refractivity contribution in [1.29, 1.82) is 0 Å². The molecule has 0 saturated heterocycles. The summed E-state index contributed by atoms with van der Waals surface area (Å²) in [6, 6.07) is 13.9. The minimum atomic E-state index is -0.957. The molecule has 1 aromatic heterocycles. The molecule has 0 amide bonds. The zero-order valence-corrected chi connectivity index (χ0v) is 11.4. The van der Waals surface area contributed by atoms with Crippen LogP contribution in [-0.2, 0) is 6.42 Å². The second-order valence-electron chi connectivity index (χ2n) is 4.81. The van der Waals surface area contributed by atoms with Gasteiger partial charge in [0.05, 0.1) is 5.56 Å². The number of carboxylic acids is 1. The second kappa shape index (κ2) is 6.70. The van der Waals surface area contributed by atoms with Crippen LogP contribution in [0.25, 0.3) is 0 Å². The van der Waals surface area contributed by atoms with Crippen molar-refractivity contribution in [2.45, 2.75) is 25.8 Å². The fraction of sp³-hybridized carbons (Fsp3) is 0.250. The van der Waals surface area contributed by atoms with E-state index in [1.807, 2.05) is 18.2 Å². The number of rotatable bonds is 6. The average molecular weight is 270 g/mol. The van der Waals surface area contributed by atoms with E-state index >= 15 is 0 Å². The van der Waals surface area contributed by atoms with Crippen molar-refractivity contribution in [3.05, 3.63) is 59.8 Å². The lowest BCUT2D eigenvalue weighted by Crippen LogP contribution is -2.17. The zero-order valence-electron chi connectivity index (χ0n) is 11.4. The first-order chi connectivity index (χ1) is 9.65. The Hall–Kier alpha value is -2.36. The molecule has 1 heterocycles. The number of benzene rings is 1. The summed E-state index contributed by atoms with van der Waals surface area (Å²) in [6.45, 7) is 2.09. The molecule has 0 radical (unpaired) electrons. The number of nitrogens with zero attached hydrogens (tertiary/aromatic N) is 1. The van der Waals surface area contributed by atoms with Gasteiger partial charge in [-0.25, -0.2) is 9.78 Å². The maximum Gasteiger partial charge on any atom is 0.337 e. The maximum absolute atomic E-state index is 10.7. The quantitative estimate of drug-likeness (QED) is 0.846. The molecule has 0 saturated carbocycles. The molecule has 1 unspecified atom stereocenters. The highest BCUT2D eigenvalue weighted by Gasteiger charge is 2.06. The second-order valence-corrected chi connectivity index (χ2v) is 4.81. The van der Waals surface area contributed by atoms with E-state index in [1.165, 1.54) is 11.8 Å². The standard InChI is InChI=1S/C16H18N2O2/c1-12(7-8-13-5-3-2-4-6-13)18-15-10-9-14(11-17-15)16(19)20/h2-6,9-12H,7-8H2,1H3,(H,17,18)(H,19,20). The van der Waals surface area contributed by atoms with Gasteiger partial charge in [-0.2, -0.15) is 0 Å². The number of aryl methyl sites for hydroxylation is 1. The zero-order chi connectivity index (χ0) is 14.4. The minimum absolute atomic E-state index is 0.201. The molecule has 2 aromatic rings. The number of aromatic nitrogens is 1. The Morgan fingerprint density at radius 1 is 1.25 bits per heavy atom. The van der Waals surface area contributed by atoms with Crippen LogP contribution in [0.2, 0.25) is 0 Å². The van der Waals surface area contributed by atoms with Crippen LogP contribution in [0.3, 0.4) is 0 Å². The van der Waals surface area contributed by atoms with Crippen molar-refractivity contribution in [1.82, 2.24) is 4.98 Å². The highest BCUT2D eigenvalue weighted by Crippen LogP contribution is 2.10. The molecular weight excluding hydrogens is 252 g/mol. The Balaban J connectivity index is 1.85. The smallest absolute Gasteiger partial charge is 0.337 e. The number of hydrogen-bond acceptors (Lipinski definition) is 3. The van der Waals surface area contributed by atoms with E-state index in [2.05, 4.69) is 29.4 Å². The Kier molecular flexibility index (Phi) is 4.71. The molecule has 0 spiro atoms. The summed E-state index contributed by atoms with van der Waals surface area (Å²) < 4.78 is 0. The van der Waals surface area contributed by atoms with Crippen LogP contribution in [0.15, 0.2) is 48.7 Å². The van der Waals surface area contributed by atoms with E-state index in [4.69, 9.17) is 5.11 Å². The van der Waals surface area contributed by atoms with Gasteiger partial charge >= 0.3 is 5.97 Å². The van der Waals surface area contributed by atoms with E-state index < -0.39 is 5.97 Å². The number of pyridine rings is 1. The Morgan fingerprint density at radius 2 is 2.00 bits per heavy atom. The van der Waals surface area contributed by atoms with Crippen LogP contribution < -0.4 is 5.32 Å². The maximum atomic E-state index is 10.7. The average Bonchev–Trinajstić information content (AvgIpc) is 2.47. The van der Waals surface area contributed by atoms with Crippen LogP contribution in [-0.4, -0.2) is 22.1 Å². The lowest BCUT2D eigenvalue weighted by atomic mass is 10.1. The van der Waals surface area contributed by atoms with Crippen molar-refractivity contribution >= 4 is 11.8 Å². The number of aromatic carboxylic acids is 1. The first-order valence-electron chi connectivity index (χ1n) is 6.65. The Bertz CT molecular complexity index is 552. The van der Waals surface area contributed by atoms with Gasteiger partial charge in [0, 0.05) is 12.2 Å². The van der Waals surface area contributed by atoms with Crippen molar-refractivity contribution in [2.75, 3.05) is 5.32 Å². The van der Waals surface area contributed by atoms with Crippen LogP contribution in [0.4, 0.5) is 5.82 Å². The molecule has 104 valence electrons. The summed E-state index contributed by atoms with van der Waals surface area (Å²) in [5.74, 6) is -0.253. The molecule has 0 aliphatic carbocycles. The van der Waals surface area contributed by atoms with Gasteiger partial charge in [-0.05, 0) is 37.5 Å². The molecule has 2 rings (SSSR count). The number of carbonyl (C=O) groups is 1. The van der Waals surface area contributed by atoms with Crippen LogP contribution in [0, 0.1) is 0 Å². The van der Waals surface area contributed by atoms with Crippen LogP contribution in [0.1, 0.15) is 29.3 Å². The molecule has 0 aliphatic heterocycles. The van der Waals surface area contributed by atoms with Gasteiger partial charge in [0.2, 0.25) is 0 Å². The van der Waals surface area contributed by atoms with Gasteiger partial charge in [0.1, 0.15) is 5.82 Å². The van der Waals surface area contributed by atoms with E-state index in [9.17, 15) is 4.79 Å². The van der Waals surface area contributed by atoms with Crippen molar-refractivity contribution in [2.24, 2.45) is 0 Å². The first-order valence-corrected chi connectivity index (χ1v) is 6.65. The number of nitrogens with one attached hydrogen (secondary N) is 1. The lowest BCUT2D eigenvalue weighted by molar-refractivity contribution is 0.0696. The normalized spacial score (nSPS) is 11.8. The molecule has 0 fully saturated rings. The van der Waals surface area contributed by atoms with Crippen LogP contribution in [0.5, 0.6) is 0 Å².